The Bertz CT molecular complexity index is 314. The molecule has 0 saturated heterocycles. The third-order valence-corrected chi connectivity index (χ3v) is 5.82. The number of aliphatic hydroxyl groups is 1. The molecule has 0 bridgehead atoms. The molecule has 5 heteroatoms. The van der Waals surface area contributed by atoms with Crippen molar-refractivity contribution in [3.63, 3.8) is 0 Å². The van der Waals surface area contributed by atoms with Gasteiger partial charge in [-0.1, -0.05) is 19.8 Å². The lowest BCUT2D eigenvalue weighted by molar-refractivity contribution is 0.153. The molecule has 0 spiro atoms. The van der Waals surface area contributed by atoms with Crippen LogP contribution in [-0.4, -0.2) is 40.8 Å². The van der Waals surface area contributed by atoms with E-state index in [9.17, 15) is 9.90 Å². The topological polar surface area (TPSA) is 61.4 Å². The zero-order valence-corrected chi connectivity index (χ0v) is 13.3. The zero-order valence-electron chi connectivity index (χ0n) is 12.4. The first-order valence-corrected chi connectivity index (χ1v) is 9.07. The van der Waals surface area contributed by atoms with Gasteiger partial charge in [-0.25, -0.2) is 4.79 Å². The first-order chi connectivity index (χ1) is 9.72. The standard InChI is InChI=1S/C15H28N2O2S/c1-2-20-13-8-7-12(9-13)16-15(19)17-14-6-4-3-5-11(14)10-18/h11-14,18H,2-10H2,1H3,(H2,16,17,19)/t11-,12-,13+,14-/m0/s1. The van der Waals surface area contributed by atoms with Crippen LogP contribution in [0.4, 0.5) is 4.79 Å². The molecule has 0 aromatic rings. The molecule has 2 aliphatic rings. The van der Waals surface area contributed by atoms with Crippen molar-refractivity contribution in [2.24, 2.45) is 5.92 Å². The Morgan fingerprint density at radius 1 is 1.20 bits per heavy atom. The lowest BCUT2D eigenvalue weighted by atomic mass is 9.85. The largest absolute Gasteiger partial charge is 0.396 e. The second-order valence-electron chi connectivity index (χ2n) is 6.04. The van der Waals surface area contributed by atoms with Crippen molar-refractivity contribution in [2.75, 3.05) is 12.4 Å². The van der Waals surface area contributed by atoms with Gasteiger partial charge in [0.15, 0.2) is 0 Å². The van der Waals surface area contributed by atoms with Crippen LogP contribution in [0.1, 0.15) is 51.9 Å². The molecule has 2 rings (SSSR count). The smallest absolute Gasteiger partial charge is 0.315 e. The van der Waals surface area contributed by atoms with E-state index in [0.717, 1.165) is 37.9 Å². The number of nitrogens with one attached hydrogen (secondary N) is 2. The number of rotatable bonds is 5. The number of urea groups is 1. The molecule has 2 saturated carbocycles. The first kappa shape index (κ1) is 16.0. The minimum absolute atomic E-state index is 0.0394. The van der Waals surface area contributed by atoms with Crippen molar-refractivity contribution in [1.29, 1.82) is 0 Å². The highest BCUT2D eigenvalue weighted by atomic mass is 32.2. The highest BCUT2D eigenvalue weighted by molar-refractivity contribution is 7.99. The zero-order chi connectivity index (χ0) is 14.4. The highest BCUT2D eigenvalue weighted by Crippen LogP contribution is 2.29. The number of carbonyl (C=O) groups excluding carboxylic acids is 1. The van der Waals surface area contributed by atoms with E-state index in [1.54, 1.807) is 0 Å². The summed E-state index contributed by atoms with van der Waals surface area (Å²) in [6.45, 7) is 2.37. The van der Waals surface area contributed by atoms with Gasteiger partial charge in [-0.3, -0.25) is 0 Å². The molecule has 0 aromatic carbocycles. The summed E-state index contributed by atoms with van der Waals surface area (Å²) in [7, 11) is 0. The van der Waals surface area contributed by atoms with Gasteiger partial charge in [-0.05, 0) is 37.9 Å². The van der Waals surface area contributed by atoms with E-state index >= 15 is 0 Å². The predicted molar refractivity (Wildman–Crippen MR) is 84.1 cm³/mol. The van der Waals surface area contributed by atoms with Gasteiger partial charge < -0.3 is 15.7 Å². The SMILES string of the molecule is CCS[C@@H]1CC[C@H](NC(=O)N[C@H]2CCCC[C@H]2CO)C1. The number of amides is 2. The molecule has 0 radical (unpaired) electrons. The fraction of sp³-hybridized carbons (Fsp3) is 0.933. The van der Waals surface area contributed by atoms with E-state index in [4.69, 9.17) is 0 Å². The number of hydrogen-bond donors (Lipinski definition) is 3. The monoisotopic (exact) mass is 300 g/mol. The Kier molecular flexibility index (Phi) is 6.49. The van der Waals surface area contributed by atoms with Gasteiger partial charge >= 0.3 is 6.03 Å². The molecule has 2 fully saturated rings. The fourth-order valence-electron chi connectivity index (χ4n) is 3.47. The van der Waals surface area contributed by atoms with Crippen LogP contribution in [0.25, 0.3) is 0 Å². The van der Waals surface area contributed by atoms with Crippen molar-refractivity contribution < 1.29 is 9.90 Å². The molecule has 0 aliphatic heterocycles. The van der Waals surface area contributed by atoms with Gasteiger partial charge in [-0.2, -0.15) is 11.8 Å². The van der Waals surface area contributed by atoms with E-state index in [-0.39, 0.29) is 24.6 Å². The van der Waals surface area contributed by atoms with Gasteiger partial charge in [0.1, 0.15) is 0 Å². The van der Waals surface area contributed by atoms with E-state index in [0.29, 0.717) is 11.3 Å². The summed E-state index contributed by atoms with van der Waals surface area (Å²) in [4.78, 5) is 12.1. The second-order valence-corrected chi connectivity index (χ2v) is 7.62. The summed E-state index contributed by atoms with van der Waals surface area (Å²) < 4.78 is 0. The molecule has 4 atom stereocenters. The van der Waals surface area contributed by atoms with E-state index in [1.807, 2.05) is 11.8 Å². The molecule has 0 unspecified atom stereocenters. The Morgan fingerprint density at radius 3 is 2.75 bits per heavy atom. The average Bonchev–Trinajstić information content (AvgIpc) is 2.87. The minimum Gasteiger partial charge on any atom is -0.396 e. The van der Waals surface area contributed by atoms with Gasteiger partial charge in [0.05, 0.1) is 0 Å². The molecule has 2 amide bonds. The summed E-state index contributed by atoms with van der Waals surface area (Å²) >= 11 is 2.00. The molecular formula is C15H28N2O2S. The van der Waals surface area contributed by atoms with E-state index < -0.39 is 0 Å². The number of hydrogen-bond acceptors (Lipinski definition) is 3. The van der Waals surface area contributed by atoms with Gasteiger partial charge in [0.25, 0.3) is 0 Å². The molecule has 3 N–H and O–H groups in total. The third-order valence-electron chi connectivity index (χ3n) is 4.58. The van der Waals surface area contributed by atoms with Crippen molar-refractivity contribution in [1.82, 2.24) is 10.6 Å². The van der Waals surface area contributed by atoms with Crippen LogP contribution in [0.5, 0.6) is 0 Å². The van der Waals surface area contributed by atoms with Crippen molar-refractivity contribution >= 4 is 17.8 Å². The average molecular weight is 300 g/mol. The van der Waals surface area contributed by atoms with Gasteiger partial charge in [-0.15, -0.1) is 0 Å². The van der Waals surface area contributed by atoms with Crippen LogP contribution in [0.15, 0.2) is 0 Å². The van der Waals surface area contributed by atoms with Crippen molar-refractivity contribution in [3.05, 3.63) is 0 Å². The second kappa shape index (κ2) is 8.13. The van der Waals surface area contributed by atoms with Gasteiger partial charge in [0.2, 0.25) is 0 Å². The normalized spacial score (nSPS) is 33.9. The Balaban J connectivity index is 1.72. The van der Waals surface area contributed by atoms with Gasteiger partial charge in [0, 0.05) is 29.9 Å². The Labute approximate surface area is 126 Å². The van der Waals surface area contributed by atoms with E-state index in [1.165, 1.54) is 12.8 Å². The quantitative estimate of drug-likeness (QED) is 0.731. The van der Waals surface area contributed by atoms with Crippen LogP contribution < -0.4 is 10.6 Å². The Morgan fingerprint density at radius 2 is 2.00 bits per heavy atom. The van der Waals surface area contributed by atoms with Crippen LogP contribution in [0, 0.1) is 5.92 Å². The van der Waals surface area contributed by atoms with E-state index in [2.05, 4.69) is 17.6 Å². The predicted octanol–water partition coefficient (Wildman–Crippen LogP) is 2.51. The molecule has 0 aromatic heterocycles. The van der Waals surface area contributed by atoms with Crippen molar-refractivity contribution in [2.45, 2.75) is 69.2 Å². The third kappa shape index (κ3) is 4.55. The first-order valence-electron chi connectivity index (χ1n) is 8.02. The summed E-state index contributed by atoms with van der Waals surface area (Å²) in [5.41, 5.74) is 0. The molecular weight excluding hydrogens is 272 g/mol. The maximum atomic E-state index is 12.1. The Hall–Kier alpha value is -0.420. The molecule has 2 aliphatic carbocycles. The summed E-state index contributed by atoms with van der Waals surface area (Å²) in [5, 5.41) is 16.3. The van der Waals surface area contributed by atoms with Crippen LogP contribution in [0.2, 0.25) is 0 Å². The fourth-order valence-corrected chi connectivity index (χ4v) is 4.61. The molecule has 0 heterocycles. The summed E-state index contributed by atoms with van der Waals surface area (Å²) in [6.07, 6.45) is 7.76. The maximum Gasteiger partial charge on any atom is 0.315 e. The van der Waals surface area contributed by atoms with Crippen LogP contribution in [-0.2, 0) is 0 Å². The van der Waals surface area contributed by atoms with Crippen LogP contribution >= 0.6 is 11.8 Å². The number of carbonyl (C=O) groups is 1. The lowest BCUT2D eigenvalue weighted by Crippen LogP contribution is -2.49. The van der Waals surface area contributed by atoms with Crippen molar-refractivity contribution in [3.8, 4) is 0 Å². The molecule has 4 nitrogen and oxygen atoms in total. The number of aliphatic hydroxyl groups excluding tert-OH is 1. The molecule has 116 valence electrons. The maximum absolute atomic E-state index is 12.1. The number of thioether (sulfide) groups is 1. The summed E-state index contributed by atoms with van der Waals surface area (Å²) in [6, 6.07) is 0.439. The molecule has 20 heavy (non-hydrogen) atoms. The van der Waals surface area contributed by atoms with Crippen LogP contribution in [0.3, 0.4) is 0 Å². The summed E-state index contributed by atoms with van der Waals surface area (Å²) in [5.74, 6) is 1.39. The highest BCUT2D eigenvalue weighted by Gasteiger charge is 2.29. The lowest BCUT2D eigenvalue weighted by Gasteiger charge is -2.31. The minimum atomic E-state index is -0.0394.